The minimum absolute atomic E-state index is 0.00632. The summed E-state index contributed by atoms with van der Waals surface area (Å²) in [5.41, 5.74) is 1.78. The third-order valence-electron chi connectivity index (χ3n) is 2.39. The van der Waals surface area contributed by atoms with Gasteiger partial charge in [0.05, 0.1) is 17.7 Å². The molecule has 5 nitrogen and oxygen atoms in total. The van der Waals surface area contributed by atoms with E-state index in [9.17, 15) is 10.1 Å². The molecule has 0 amide bonds. The highest BCUT2D eigenvalue weighted by atomic mass is 79.9. The Balaban J connectivity index is 2.68. The summed E-state index contributed by atoms with van der Waals surface area (Å²) < 4.78 is 5.81. The summed E-state index contributed by atoms with van der Waals surface area (Å²) in [5, 5.41) is 14.0. The zero-order chi connectivity index (χ0) is 11.0. The van der Waals surface area contributed by atoms with Gasteiger partial charge in [-0.2, -0.15) is 0 Å². The van der Waals surface area contributed by atoms with Crippen molar-refractivity contribution < 1.29 is 9.66 Å². The standard InChI is InChI=1S/C9H9BrN2O3/c1-15-9-5-2-3-11-8(5)6(10)4-7(9)12(13)14/h4,11H,2-3H2,1H3. The maximum absolute atomic E-state index is 10.8. The number of ether oxygens (including phenoxy) is 1. The van der Waals surface area contributed by atoms with E-state index in [0.717, 1.165) is 24.2 Å². The highest BCUT2D eigenvalue weighted by molar-refractivity contribution is 9.10. The van der Waals surface area contributed by atoms with Crippen LogP contribution in [-0.4, -0.2) is 18.6 Å². The monoisotopic (exact) mass is 272 g/mol. The maximum atomic E-state index is 10.8. The Kier molecular flexibility index (Phi) is 2.52. The van der Waals surface area contributed by atoms with Crippen LogP contribution >= 0.6 is 15.9 Å². The van der Waals surface area contributed by atoms with E-state index >= 15 is 0 Å². The van der Waals surface area contributed by atoms with Gasteiger partial charge in [-0.1, -0.05) is 0 Å². The van der Waals surface area contributed by atoms with Gasteiger partial charge < -0.3 is 10.1 Å². The number of hydrogen-bond acceptors (Lipinski definition) is 4. The summed E-state index contributed by atoms with van der Waals surface area (Å²) in [7, 11) is 1.45. The van der Waals surface area contributed by atoms with Crippen molar-refractivity contribution in [3.05, 3.63) is 26.2 Å². The van der Waals surface area contributed by atoms with E-state index in [4.69, 9.17) is 4.74 Å². The van der Waals surface area contributed by atoms with Crippen molar-refractivity contribution in [2.24, 2.45) is 0 Å². The number of halogens is 1. The normalized spacial score (nSPS) is 13.2. The maximum Gasteiger partial charge on any atom is 0.312 e. The molecule has 0 radical (unpaired) electrons. The van der Waals surface area contributed by atoms with Gasteiger partial charge in [0, 0.05) is 22.6 Å². The lowest BCUT2D eigenvalue weighted by Gasteiger charge is -2.08. The lowest BCUT2D eigenvalue weighted by molar-refractivity contribution is -0.385. The molecule has 0 aliphatic carbocycles. The molecule has 0 bridgehead atoms. The molecule has 6 heteroatoms. The van der Waals surface area contributed by atoms with Crippen LogP contribution in [0.2, 0.25) is 0 Å². The Bertz CT molecular complexity index is 434. The average Bonchev–Trinajstić information content (AvgIpc) is 2.66. The number of anilines is 1. The Morgan fingerprint density at radius 1 is 1.67 bits per heavy atom. The molecule has 0 aromatic heterocycles. The summed E-state index contributed by atoms with van der Waals surface area (Å²) in [6, 6.07) is 1.47. The summed E-state index contributed by atoms with van der Waals surface area (Å²) in [5.74, 6) is 0.364. The molecular weight excluding hydrogens is 264 g/mol. The van der Waals surface area contributed by atoms with Crippen molar-refractivity contribution in [1.82, 2.24) is 0 Å². The average molecular weight is 273 g/mol. The second kappa shape index (κ2) is 3.69. The Labute approximate surface area is 94.7 Å². The molecule has 0 saturated carbocycles. The van der Waals surface area contributed by atoms with Crippen molar-refractivity contribution >= 4 is 27.3 Å². The number of fused-ring (bicyclic) bond motifs is 1. The third-order valence-corrected chi connectivity index (χ3v) is 3.01. The minimum Gasteiger partial charge on any atom is -0.490 e. The fourth-order valence-corrected chi connectivity index (χ4v) is 2.37. The number of nitrogens with one attached hydrogen (secondary N) is 1. The summed E-state index contributed by atoms with van der Waals surface area (Å²) >= 11 is 3.31. The summed E-state index contributed by atoms with van der Waals surface area (Å²) in [4.78, 5) is 10.4. The first-order chi connectivity index (χ1) is 7.15. The second-order valence-corrected chi connectivity index (χ2v) is 4.05. The SMILES string of the molecule is COc1c([N+](=O)[O-])cc(Br)c2c1CCN2. The quantitative estimate of drug-likeness (QED) is 0.663. The van der Waals surface area contributed by atoms with Gasteiger partial charge in [-0.3, -0.25) is 10.1 Å². The smallest absolute Gasteiger partial charge is 0.312 e. The molecular formula is C9H9BrN2O3. The lowest BCUT2D eigenvalue weighted by Crippen LogP contribution is -1.97. The van der Waals surface area contributed by atoms with E-state index in [-0.39, 0.29) is 5.69 Å². The van der Waals surface area contributed by atoms with Crippen molar-refractivity contribution in [3.63, 3.8) is 0 Å². The molecule has 1 aromatic carbocycles. The van der Waals surface area contributed by atoms with Crippen molar-refractivity contribution in [3.8, 4) is 5.75 Å². The fraction of sp³-hybridized carbons (Fsp3) is 0.333. The number of nitro groups is 1. The molecule has 1 aliphatic heterocycles. The molecule has 0 saturated heterocycles. The van der Waals surface area contributed by atoms with Crippen LogP contribution < -0.4 is 10.1 Å². The van der Waals surface area contributed by atoms with Gasteiger partial charge in [0.15, 0.2) is 0 Å². The largest absolute Gasteiger partial charge is 0.490 e. The van der Waals surface area contributed by atoms with Gasteiger partial charge in [-0.05, 0) is 22.4 Å². The molecule has 1 aromatic rings. The molecule has 1 N–H and O–H groups in total. The van der Waals surface area contributed by atoms with E-state index in [1.165, 1.54) is 13.2 Å². The Hall–Kier alpha value is -1.30. The predicted molar refractivity (Wildman–Crippen MR) is 59.5 cm³/mol. The van der Waals surface area contributed by atoms with E-state index in [2.05, 4.69) is 21.2 Å². The number of benzene rings is 1. The van der Waals surface area contributed by atoms with Crippen LogP contribution in [0.25, 0.3) is 0 Å². The highest BCUT2D eigenvalue weighted by Crippen LogP contribution is 2.43. The van der Waals surface area contributed by atoms with E-state index in [1.54, 1.807) is 0 Å². The van der Waals surface area contributed by atoms with Crippen molar-refractivity contribution in [1.29, 1.82) is 0 Å². The van der Waals surface area contributed by atoms with Crippen LogP contribution in [0.15, 0.2) is 10.5 Å². The third kappa shape index (κ3) is 1.54. The van der Waals surface area contributed by atoms with Crippen molar-refractivity contribution in [2.75, 3.05) is 19.0 Å². The molecule has 0 unspecified atom stereocenters. The number of nitro benzene ring substituents is 1. The fourth-order valence-electron chi connectivity index (χ4n) is 1.78. The van der Waals surface area contributed by atoms with Crippen LogP contribution in [-0.2, 0) is 6.42 Å². The van der Waals surface area contributed by atoms with E-state index in [1.807, 2.05) is 0 Å². The first-order valence-electron chi connectivity index (χ1n) is 4.42. The zero-order valence-electron chi connectivity index (χ0n) is 8.04. The zero-order valence-corrected chi connectivity index (χ0v) is 9.63. The van der Waals surface area contributed by atoms with Crippen LogP contribution in [0, 0.1) is 10.1 Å². The molecule has 15 heavy (non-hydrogen) atoms. The molecule has 2 rings (SSSR count). The number of hydrogen-bond donors (Lipinski definition) is 1. The van der Waals surface area contributed by atoms with Gasteiger partial charge in [0.2, 0.25) is 5.75 Å². The molecule has 80 valence electrons. The Morgan fingerprint density at radius 3 is 3.00 bits per heavy atom. The molecule has 1 heterocycles. The van der Waals surface area contributed by atoms with Crippen LogP contribution in [0.3, 0.4) is 0 Å². The van der Waals surface area contributed by atoms with Crippen LogP contribution in [0.5, 0.6) is 5.75 Å². The van der Waals surface area contributed by atoms with Gasteiger partial charge in [0.25, 0.3) is 0 Å². The Morgan fingerprint density at radius 2 is 2.40 bits per heavy atom. The summed E-state index contributed by atoms with van der Waals surface area (Å²) in [6.07, 6.45) is 0.749. The predicted octanol–water partition coefficient (Wildman–Crippen LogP) is 2.33. The first kappa shape index (κ1) is 10.2. The van der Waals surface area contributed by atoms with Gasteiger partial charge in [-0.25, -0.2) is 0 Å². The van der Waals surface area contributed by atoms with Crippen LogP contribution in [0.1, 0.15) is 5.56 Å². The van der Waals surface area contributed by atoms with Gasteiger partial charge in [-0.15, -0.1) is 0 Å². The number of nitrogens with zero attached hydrogens (tertiary/aromatic N) is 1. The lowest BCUT2D eigenvalue weighted by atomic mass is 10.1. The van der Waals surface area contributed by atoms with Crippen LogP contribution in [0.4, 0.5) is 11.4 Å². The van der Waals surface area contributed by atoms with Crippen molar-refractivity contribution in [2.45, 2.75) is 6.42 Å². The first-order valence-corrected chi connectivity index (χ1v) is 5.22. The molecule has 1 aliphatic rings. The van der Waals surface area contributed by atoms with Gasteiger partial charge in [0.1, 0.15) is 0 Å². The highest BCUT2D eigenvalue weighted by Gasteiger charge is 2.27. The summed E-state index contributed by atoms with van der Waals surface area (Å²) in [6.45, 7) is 0.783. The molecule has 0 spiro atoms. The van der Waals surface area contributed by atoms with E-state index < -0.39 is 4.92 Å². The number of methoxy groups -OCH3 is 1. The molecule has 0 fully saturated rings. The second-order valence-electron chi connectivity index (χ2n) is 3.20. The van der Waals surface area contributed by atoms with Gasteiger partial charge >= 0.3 is 5.69 Å². The molecule has 0 atom stereocenters. The minimum atomic E-state index is -0.428. The topological polar surface area (TPSA) is 64.4 Å². The number of rotatable bonds is 2. The van der Waals surface area contributed by atoms with E-state index in [0.29, 0.717) is 10.2 Å².